The van der Waals surface area contributed by atoms with Gasteiger partial charge in [0, 0.05) is 37.8 Å². The molecule has 232 valence electrons. The van der Waals surface area contributed by atoms with E-state index < -0.39 is 22.0 Å². The number of nitrogens with one attached hydrogen (secondary N) is 2. The SMILES string of the molecule is Cc1cc([C@@H](C)Nc2ccc(Cl)nc2C(=O)NS(C)(=O)=O)c2nc(N3CCC(c4ccn(C5CC5)n4)CC3)n(C)c(=O)c2c1. The number of carbonyl (C=O) groups is 1. The molecular formula is C30H35ClN8O4S. The number of hydrogen-bond acceptors (Lipinski definition) is 9. The molecule has 4 heterocycles. The number of pyridine rings is 1. The van der Waals surface area contributed by atoms with Gasteiger partial charge in [0.15, 0.2) is 5.69 Å². The smallest absolute Gasteiger partial charge is 0.285 e. The van der Waals surface area contributed by atoms with E-state index in [9.17, 15) is 18.0 Å². The largest absolute Gasteiger partial charge is 0.377 e. The van der Waals surface area contributed by atoms with Crippen LogP contribution in [-0.4, -0.2) is 58.0 Å². The Bertz CT molecular complexity index is 1930. The van der Waals surface area contributed by atoms with Gasteiger partial charge < -0.3 is 10.2 Å². The van der Waals surface area contributed by atoms with Crippen LogP contribution >= 0.6 is 11.6 Å². The highest BCUT2D eigenvalue weighted by atomic mass is 35.5. The van der Waals surface area contributed by atoms with Crippen molar-refractivity contribution in [3.63, 3.8) is 0 Å². The normalized spacial score (nSPS) is 16.7. The summed E-state index contributed by atoms with van der Waals surface area (Å²) in [6.07, 6.45) is 7.21. The molecule has 2 N–H and O–H groups in total. The predicted octanol–water partition coefficient (Wildman–Crippen LogP) is 4.07. The lowest BCUT2D eigenvalue weighted by molar-refractivity contribution is 0.0977. The van der Waals surface area contributed by atoms with E-state index in [1.165, 1.54) is 18.9 Å². The molecule has 3 aromatic heterocycles. The maximum atomic E-state index is 13.7. The first-order valence-corrected chi connectivity index (χ1v) is 16.9. The fraction of sp³-hybridized carbons (Fsp3) is 0.433. The standard InChI is InChI=1S/C30H35ClN8O4S/c1-17-15-21(18(2)32-24-7-8-25(31)33-27(24)28(40)36-44(4,42)43)26-22(16-17)29(41)37(3)30(34-26)38-12-9-19(10-13-38)23-11-14-39(35-23)20-5-6-20/h7-8,11,14-16,18-20,32H,5-6,9-10,12-13H2,1-4H3,(H,36,40)/t18-/m1/s1. The van der Waals surface area contributed by atoms with E-state index in [0.717, 1.165) is 49.0 Å². The fourth-order valence-corrected chi connectivity index (χ4v) is 6.48. The Hall–Kier alpha value is -3.97. The Morgan fingerprint density at radius 2 is 1.82 bits per heavy atom. The van der Waals surface area contributed by atoms with Crippen LogP contribution in [0.15, 0.2) is 41.3 Å². The number of aryl methyl sites for hydroxylation is 1. The maximum Gasteiger partial charge on any atom is 0.285 e. The second-order valence-corrected chi connectivity index (χ2v) is 14.0. The molecule has 0 bridgehead atoms. The summed E-state index contributed by atoms with van der Waals surface area (Å²) in [5, 5.41) is 8.63. The third-order valence-corrected chi connectivity index (χ3v) is 9.04. The molecule has 0 spiro atoms. The van der Waals surface area contributed by atoms with Gasteiger partial charge in [-0.1, -0.05) is 17.7 Å². The van der Waals surface area contributed by atoms with Crippen molar-refractivity contribution >= 4 is 50.1 Å². The number of aromatic nitrogens is 5. The number of sulfonamides is 1. The Morgan fingerprint density at radius 3 is 2.50 bits per heavy atom. The molecule has 1 amide bonds. The molecular weight excluding hydrogens is 604 g/mol. The lowest BCUT2D eigenvalue weighted by Gasteiger charge is -2.33. The molecule has 6 rings (SSSR count). The van der Waals surface area contributed by atoms with Gasteiger partial charge >= 0.3 is 0 Å². The minimum atomic E-state index is -3.83. The summed E-state index contributed by atoms with van der Waals surface area (Å²) in [7, 11) is -2.07. The highest BCUT2D eigenvalue weighted by Gasteiger charge is 2.29. The monoisotopic (exact) mass is 638 g/mol. The van der Waals surface area contributed by atoms with E-state index in [4.69, 9.17) is 21.7 Å². The van der Waals surface area contributed by atoms with Gasteiger partial charge in [-0.15, -0.1) is 0 Å². The van der Waals surface area contributed by atoms with E-state index in [1.54, 1.807) is 17.7 Å². The van der Waals surface area contributed by atoms with E-state index in [1.807, 2.05) is 30.7 Å². The van der Waals surface area contributed by atoms with Crippen LogP contribution < -0.4 is 20.5 Å². The van der Waals surface area contributed by atoms with Crippen LogP contribution in [0.2, 0.25) is 5.15 Å². The van der Waals surface area contributed by atoms with Crippen LogP contribution in [0.3, 0.4) is 0 Å². The van der Waals surface area contributed by atoms with Crippen molar-refractivity contribution in [1.82, 2.24) is 29.0 Å². The second kappa shape index (κ2) is 11.5. The maximum absolute atomic E-state index is 13.7. The zero-order valence-electron chi connectivity index (χ0n) is 25.0. The summed E-state index contributed by atoms with van der Waals surface area (Å²) < 4.78 is 29.1. The molecule has 0 radical (unpaired) electrons. The van der Waals surface area contributed by atoms with Gasteiger partial charge in [0.1, 0.15) is 5.15 Å². The van der Waals surface area contributed by atoms with E-state index in [0.29, 0.717) is 28.8 Å². The summed E-state index contributed by atoms with van der Waals surface area (Å²) >= 11 is 6.04. The Morgan fingerprint density at radius 1 is 1.09 bits per heavy atom. The third-order valence-electron chi connectivity index (χ3n) is 8.27. The van der Waals surface area contributed by atoms with Crippen molar-refractivity contribution in [2.75, 3.05) is 29.6 Å². The van der Waals surface area contributed by atoms with Crippen LogP contribution in [0.5, 0.6) is 0 Å². The third kappa shape index (κ3) is 6.16. The lowest BCUT2D eigenvalue weighted by Crippen LogP contribution is -2.38. The first-order valence-electron chi connectivity index (χ1n) is 14.6. The molecule has 1 saturated carbocycles. The Balaban J connectivity index is 1.30. The number of halogens is 1. The van der Waals surface area contributed by atoms with Gasteiger partial charge in [-0.2, -0.15) is 5.10 Å². The molecule has 2 fully saturated rings. The van der Waals surface area contributed by atoms with Crippen LogP contribution in [0.4, 0.5) is 11.6 Å². The summed E-state index contributed by atoms with van der Waals surface area (Å²) in [5.41, 5.74) is 3.30. The molecule has 12 nitrogen and oxygen atoms in total. The molecule has 1 aliphatic heterocycles. The molecule has 44 heavy (non-hydrogen) atoms. The molecule has 1 atom stereocenters. The average molecular weight is 639 g/mol. The minimum Gasteiger partial charge on any atom is -0.377 e. The van der Waals surface area contributed by atoms with Crippen molar-refractivity contribution in [2.24, 2.45) is 7.05 Å². The van der Waals surface area contributed by atoms with Gasteiger partial charge in [-0.3, -0.25) is 18.8 Å². The van der Waals surface area contributed by atoms with E-state index in [-0.39, 0.29) is 22.1 Å². The number of piperidine rings is 1. The first-order chi connectivity index (χ1) is 20.9. The van der Waals surface area contributed by atoms with Crippen molar-refractivity contribution in [3.8, 4) is 0 Å². The number of rotatable bonds is 8. The van der Waals surface area contributed by atoms with Crippen LogP contribution in [0.25, 0.3) is 10.9 Å². The van der Waals surface area contributed by atoms with Crippen LogP contribution in [-0.2, 0) is 17.1 Å². The number of anilines is 2. The number of amides is 1. The first kappa shape index (κ1) is 30.1. The number of hydrogen-bond donors (Lipinski definition) is 2. The van der Waals surface area contributed by atoms with Gasteiger partial charge in [0.25, 0.3) is 11.5 Å². The van der Waals surface area contributed by atoms with Crippen molar-refractivity contribution < 1.29 is 13.2 Å². The van der Waals surface area contributed by atoms with Gasteiger partial charge in [0.2, 0.25) is 16.0 Å². The molecule has 4 aromatic rings. The summed E-state index contributed by atoms with van der Waals surface area (Å²) in [4.78, 5) is 37.7. The Kier molecular flexibility index (Phi) is 7.87. The predicted molar refractivity (Wildman–Crippen MR) is 170 cm³/mol. The molecule has 14 heteroatoms. The van der Waals surface area contributed by atoms with Crippen molar-refractivity contribution in [3.05, 3.63) is 74.6 Å². The van der Waals surface area contributed by atoms with E-state index >= 15 is 0 Å². The topological polar surface area (TPSA) is 144 Å². The van der Waals surface area contributed by atoms with Gasteiger partial charge in [0.05, 0.1) is 40.6 Å². The number of nitrogens with zero attached hydrogens (tertiary/aromatic N) is 6. The molecule has 1 aliphatic carbocycles. The number of carbonyl (C=O) groups excluding carboxylic acids is 1. The summed E-state index contributed by atoms with van der Waals surface area (Å²) in [6, 6.07) is 9.12. The average Bonchev–Trinajstić information content (AvgIpc) is 3.71. The molecule has 1 aromatic carbocycles. The van der Waals surface area contributed by atoms with E-state index in [2.05, 4.69) is 32.1 Å². The van der Waals surface area contributed by atoms with Crippen molar-refractivity contribution in [2.45, 2.75) is 57.5 Å². The van der Waals surface area contributed by atoms with Crippen LogP contribution in [0.1, 0.15) is 77.9 Å². The van der Waals surface area contributed by atoms with Crippen LogP contribution in [0, 0.1) is 6.92 Å². The molecule has 1 saturated heterocycles. The summed E-state index contributed by atoms with van der Waals surface area (Å²) in [5.74, 6) is 0.0622. The van der Waals surface area contributed by atoms with Crippen molar-refractivity contribution in [1.29, 1.82) is 0 Å². The molecule has 2 aliphatic rings. The zero-order valence-corrected chi connectivity index (χ0v) is 26.6. The lowest BCUT2D eigenvalue weighted by atomic mass is 9.94. The highest BCUT2D eigenvalue weighted by Crippen LogP contribution is 2.36. The van der Waals surface area contributed by atoms with Gasteiger partial charge in [-0.25, -0.2) is 23.1 Å². The number of fused-ring (bicyclic) bond motifs is 1. The molecule has 0 unspecified atom stereocenters. The summed E-state index contributed by atoms with van der Waals surface area (Å²) in [6.45, 7) is 5.29. The second-order valence-electron chi connectivity index (χ2n) is 11.8. The minimum absolute atomic E-state index is 0.0395. The number of benzene rings is 1. The Labute approximate surface area is 260 Å². The zero-order chi connectivity index (χ0) is 31.3. The fourth-order valence-electron chi connectivity index (χ4n) is 5.89. The quantitative estimate of drug-likeness (QED) is 0.273. The highest BCUT2D eigenvalue weighted by molar-refractivity contribution is 7.89. The van der Waals surface area contributed by atoms with Gasteiger partial charge in [-0.05, 0) is 69.4 Å².